The Morgan fingerprint density at radius 1 is 0.404 bits per heavy atom. The van der Waals surface area contributed by atoms with Gasteiger partial charge in [0.2, 0.25) is 11.8 Å². The highest BCUT2D eigenvalue weighted by Crippen LogP contribution is 2.46. The molecule has 0 radical (unpaired) electrons. The van der Waals surface area contributed by atoms with Crippen molar-refractivity contribution in [2.24, 2.45) is 33.5 Å². The zero-order valence-corrected chi connectivity index (χ0v) is 34.5. The molecule has 4 rings (SSSR count). The topological polar surface area (TPSA) is 40.6 Å². The Bertz CT molecular complexity index is 821. The van der Waals surface area contributed by atoms with Crippen LogP contribution in [0.5, 0.6) is 0 Å². The molecule has 2 amide bonds. The van der Waals surface area contributed by atoms with Gasteiger partial charge in [-0.05, 0) is 73.0 Å². The molecule has 4 nitrogen and oxygen atoms in total. The van der Waals surface area contributed by atoms with Gasteiger partial charge in [-0.25, -0.2) is 0 Å². The van der Waals surface area contributed by atoms with Crippen LogP contribution in [0.4, 0.5) is 0 Å². The monoisotopic (exact) mass is 669 g/mol. The van der Waals surface area contributed by atoms with Gasteiger partial charge in [0.25, 0.3) is 0 Å². The molecule has 4 aliphatic rings. The van der Waals surface area contributed by atoms with Crippen LogP contribution in [0.3, 0.4) is 0 Å². The molecule has 0 aliphatic carbocycles. The number of carbonyl (C=O) groups excluding carboxylic acids is 2. The van der Waals surface area contributed by atoms with Gasteiger partial charge in [-0.3, -0.25) is 9.59 Å². The smallest absolute Gasteiger partial charge is 0.226 e. The average molecular weight is 669 g/mol. The zero-order valence-electron chi connectivity index (χ0n) is 34.5. The van der Waals surface area contributed by atoms with E-state index in [0.717, 1.165) is 12.8 Å². The molecular weight excluding hydrogens is 576 g/mol. The van der Waals surface area contributed by atoms with Crippen molar-refractivity contribution in [1.29, 1.82) is 0 Å². The maximum absolute atomic E-state index is 13.1. The van der Waals surface area contributed by atoms with E-state index in [1.54, 1.807) is 0 Å². The number of carbonyl (C=O) groups is 2. The summed E-state index contributed by atoms with van der Waals surface area (Å²) in [5, 5.41) is 0. The molecule has 0 saturated carbocycles. The van der Waals surface area contributed by atoms with Crippen LogP contribution in [-0.2, 0) is 9.59 Å². The fourth-order valence-corrected chi connectivity index (χ4v) is 7.83. The highest BCUT2D eigenvalue weighted by molar-refractivity contribution is 5.82. The lowest BCUT2D eigenvalue weighted by molar-refractivity contribution is -0.149. The summed E-state index contributed by atoms with van der Waals surface area (Å²) < 4.78 is 0. The lowest BCUT2D eigenvalue weighted by Gasteiger charge is -2.46. The van der Waals surface area contributed by atoms with Crippen molar-refractivity contribution < 1.29 is 9.59 Å². The van der Waals surface area contributed by atoms with E-state index in [1.165, 1.54) is 44.9 Å². The van der Waals surface area contributed by atoms with Gasteiger partial charge in [-0.15, -0.1) is 0 Å². The van der Waals surface area contributed by atoms with Crippen molar-refractivity contribution in [3.05, 3.63) is 0 Å². The van der Waals surface area contributed by atoms with Gasteiger partial charge in [0.15, 0.2) is 0 Å². The van der Waals surface area contributed by atoms with Gasteiger partial charge in [-0.2, -0.15) is 0 Å². The van der Waals surface area contributed by atoms with Crippen LogP contribution in [0.2, 0.25) is 0 Å². The second-order valence-corrected chi connectivity index (χ2v) is 17.1. The summed E-state index contributed by atoms with van der Waals surface area (Å²) in [5.74, 6) is 1.29. The van der Waals surface area contributed by atoms with Crippen LogP contribution in [0.15, 0.2) is 0 Å². The summed E-state index contributed by atoms with van der Waals surface area (Å²) in [5.41, 5.74) is 0.617. The quantitative estimate of drug-likeness (QED) is 0.258. The van der Waals surface area contributed by atoms with E-state index in [0.29, 0.717) is 36.0 Å². The Hall–Kier alpha value is -1.06. The summed E-state index contributed by atoms with van der Waals surface area (Å²) in [6.07, 6.45) is 10.6. The molecule has 286 valence electrons. The molecule has 0 spiro atoms. The lowest BCUT2D eigenvalue weighted by Crippen LogP contribution is -2.54. The van der Waals surface area contributed by atoms with Crippen molar-refractivity contribution in [1.82, 2.24) is 9.80 Å². The van der Waals surface area contributed by atoms with Crippen LogP contribution in [0.1, 0.15) is 211 Å². The molecule has 0 aromatic rings. The third-order valence-electron chi connectivity index (χ3n) is 10.0. The van der Waals surface area contributed by atoms with Gasteiger partial charge in [0, 0.05) is 36.0 Å². The fourth-order valence-electron chi connectivity index (χ4n) is 7.83. The van der Waals surface area contributed by atoms with Crippen molar-refractivity contribution >= 4 is 11.8 Å². The van der Waals surface area contributed by atoms with Crippen molar-refractivity contribution in [3.8, 4) is 0 Å². The molecule has 6 atom stereocenters. The number of amides is 2. The number of nitrogens with zero attached hydrogens (tertiary/aromatic N) is 2. The Morgan fingerprint density at radius 2 is 0.681 bits per heavy atom. The largest absolute Gasteiger partial charge is 0.336 e. The molecule has 0 bridgehead atoms. The molecule has 0 aromatic heterocycles. The van der Waals surface area contributed by atoms with E-state index >= 15 is 0 Å². The van der Waals surface area contributed by atoms with E-state index in [9.17, 15) is 9.59 Å². The number of hydrogen-bond acceptors (Lipinski definition) is 2. The van der Waals surface area contributed by atoms with Gasteiger partial charge < -0.3 is 9.80 Å². The molecule has 4 fully saturated rings. The van der Waals surface area contributed by atoms with E-state index in [-0.39, 0.29) is 48.3 Å². The highest BCUT2D eigenvalue weighted by Gasteiger charge is 2.50. The fraction of sp³-hybridized carbons (Fsp3) is 0.953. The Morgan fingerprint density at radius 3 is 0.979 bits per heavy atom. The SMILES string of the molecule is C.C.CC.CC.CC.CC.CC(C)(C)C1CCC2CCC(C(C)(C)C)N2C1=O.CC(C)(C)C1CCCC2CCC(C(C)(C)C)N2C1=O. The predicted molar refractivity (Wildman–Crippen MR) is 214 cm³/mol. The summed E-state index contributed by atoms with van der Waals surface area (Å²) in [6.45, 7) is 42.9. The van der Waals surface area contributed by atoms with Gasteiger partial charge in [0.05, 0.1) is 0 Å². The normalized spacial score (nSPS) is 26.9. The molecule has 4 aliphatic heterocycles. The minimum absolute atomic E-state index is 0. The van der Waals surface area contributed by atoms with Crippen molar-refractivity contribution in [3.63, 3.8) is 0 Å². The number of hydrogen-bond donors (Lipinski definition) is 0. The standard InChI is InChI=1S/C17H31NO.C16H29NO.4C2H6.2CH4/c1-16(2,3)13-9-7-8-12-10-11-14(17(4,5)6)18(12)15(13)19;1-15(2,3)12-9-7-11-8-10-13(16(4,5)6)17(11)14(12)18;4*1-2;;/h12-14H,7-11H2,1-6H3;11-13H,7-10H2,1-6H3;4*1-2H3;2*1H4. The molecule has 47 heavy (non-hydrogen) atoms. The van der Waals surface area contributed by atoms with Crippen LogP contribution in [0.25, 0.3) is 0 Å². The number of rotatable bonds is 0. The van der Waals surface area contributed by atoms with Crippen LogP contribution >= 0.6 is 0 Å². The first-order chi connectivity index (χ1) is 20.7. The summed E-state index contributed by atoms with van der Waals surface area (Å²) >= 11 is 0. The molecule has 4 heterocycles. The molecule has 4 saturated heterocycles. The van der Waals surface area contributed by atoms with E-state index in [1.807, 2.05) is 55.4 Å². The summed E-state index contributed by atoms with van der Waals surface area (Å²) in [6, 6.07) is 1.93. The van der Waals surface area contributed by atoms with Gasteiger partial charge in [0.1, 0.15) is 0 Å². The molecule has 6 unspecified atom stereocenters. The summed E-state index contributed by atoms with van der Waals surface area (Å²) in [4.78, 5) is 30.5. The van der Waals surface area contributed by atoms with E-state index in [2.05, 4.69) is 92.9 Å². The Kier molecular flexibility index (Phi) is 25.4. The second kappa shape index (κ2) is 22.6. The third kappa shape index (κ3) is 14.4. The first kappa shape index (κ1) is 52.7. The Balaban J connectivity index is -0.000000314. The maximum atomic E-state index is 13.1. The molecular formula is C43H92N2O2. The molecule has 0 N–H and O–H groups in total. The zero-order chi connectivity index (χ0) is 36.1. The molecule has 0 aromatic carbocycles. The lowest BCUT2D eigenvalue weighted by atomic mass is 9.74. The predicted octanol–water partition coefficient (Wildman–Crippen LogP) is 13.5. The number of fused-ring (bicyclic) bond motifs is 2. The van der Waals surface area contributed by atoms with Crippen LogP contribution < -0.4 is 0 Å². The first-order valence-electron chi connectivity index (χ1n) is 19.4. The molecule has 4 heteroatoms. The highest BCUT2D eigenvalue weighted by atomic mass is 16.2. The Labute approximate surface area is 299 Å². The van der Waals surface area contributed by atoms with Gasteiger partial charge in [-0.1, -0.05) is 160 Å². The minimum atomic E-state index is 0. The van der Waals surface area contributed by atoms with Crippen LogP contribution in [0, 0.1) is 33.5 Å². The average Bonchev–Trinajstić information content (AvgIpc) is 3.56. The third-order valence-corrected chi connectivity index (χ3v) is 10.0. The van der Waals surface area contributed by atoms with Crippen LogP contribution in [-0.4, -0.2) is 45.8 Å². The van der Waals surface area contributed by atoms with Gasteiger partial charge >= 0.3 is 0 Å². The first-order valence-corrected chi connectivity index (χ1v) is 19.4. The van der Waals surface area contributed by atoms with Crippen molar-refractivity contribution in [2.45, 2.75) is 235 Å². The minimum Gasteiger partial charge on any atom is -0.336 e. The van der Waals surface area contributed by atoms with Crippen molar-refractivity contribution in [2.75, 3.05) is 0 Å². The van der Waals surface area contributed by atoms with E-state index < -0.39 is 0 Å². The second-order valence-electron chi connectivity index (χ2n) is 17.1. The number of piperidine rings is 1. The van der Waals surface area contributed by atoms with E-state index in [4.69, 9.17) is 0 Å². The summed E-state index contributed by atoms with van der Waals surface area (Å²) in [7, 11) is 0. The maximum Gasteiger partial charge on any atom is 0.226 e.